The quantitative estimate of drug-likeness (QED) is 0.517. The Balaban J connectivity index is 1.75. The van der Waals surface area contributed by atoms with E-state index in [9.17, 15) is 9.59 Å². The Morgan fingerprint density at radius 1 is 1.00 bits per heavy atom. The number of nitrogens with one attached hydrogen (secondary N) is 1. The van der Waals surface area contributed by atoms with Gasteiger partial charge in [-0.1, -0.05) is 48.0 Å². The van der Waals surface area contributed by atoms with Crippen molar-refractivity contribution < 1.29 is 18.7 Å². The minimum absolute atomic E-state index is 0.426. The number of aryl methyl sites for hydroxylation is 1. The van der Waals surface area contributed by atoms with Gasteiger partial charge in [0.15, 0.2) is 0 Å². The smallest absolute Gasteiger partial charge is 0.332 e. The molecule has 0 radical (unpaired) electrons. The number of carbonyl (C=O) groups is 2. The predicted molar refractivity (Wildman–Crippen MR) is 103 cm³/mol. The van der Waals surface area contributed by atoms with Crippen LogP contribution >= 0.6 is 0 Å². The number of ether oxygens (including phenoxy) is 1. The largest absolute Gasteiger partial charge is 0.465 e. The highest BCUT2D eigenvalue weighted by molar-refractivity contribution is 5.97. The fourth-order valence-electron chi connectivity index (χ4n) is 2.44. The average Bonchev–Trinajstić information content (AvgIpc) is 3.20. The number of anilines is 1. The Hall–Kier alpha value is -3.60. The molecule has 136 valence electrons. The number of esters is 1. The summed E-state index contributed by atoms with van der Waals surface area (Å²) in [7, 11) is 0. The lowest BCUT2D eigenvalue weighted by Gasteiger charge is -2.17. The Kier molecular flexibility index (Phi) is 5.84. The summed E-state index contributed by atoms with van der Waals surface area (Å²) in [6, 6.07) is 19.7. The zero-order valence-corrected chi connectivity index (χ0v) is 14.8. The standard InChI is InChI=1S/C22H19NO4/c1-16-9-11-18(12-10-16)23-22(25)21(17-6-3-2-4-7-17)27-20(24)14-13-19-8-5-15-26-19/h2-15,21H,1H3,(H,23,25)/b14-13+/t21-/m0/s1. The van der Waals surface area contributed by atoms with Crippen LogP contribution in [0.3, 0.4) is 0 Å². The van der Waals surface area contributed by atoms with Crippen LogP contribution in [-0.2, 0) is 14.3 Å². The molecule has 0 unspecified atom stereocenters. The Morgan fingerprint density at radius 3 is 2.41 bits per heavy atom. The number of furan rings is 1. The molecule has 5 nitrogen and oxygen atoms in total. The molecule has 0 aliphatic rings. The molecule has 0 fully saturated rings. The number of hydrogen-bond donors (Lipinski definition) is 1. The van der Waals surface area contributed by atoms with Gasteiger partial charge in [0.2, 0.25) is 6.10 Å². The van der Waals surface area contributed by atoms with E-state index in [0.717, 1.165) is 5.56 Å². The van der Waals surface area contributed by atoms with E-state index in [1.807, 2.05) is 25.1 Å². The van der Waals surface area contributed by atoms with E-state index >= 15 is 0 Å². The Bertz CT molecular complexity index is 913. The summed E-state index contributed by atoms with van der Waals surface area (Å²) in [5, 5.41) is 2.78. The highest BCUT2D eigenvalue weighted by Gasteiger charge is 2.24. The van der Waals surface area contributed by atoms with Crippen LogP contribution in [0.25, 0.3) is 6.08 Å². The molecule has 3 rings (SSSR count). The van der Waals surface area contributed by atoms with E-state index in [1.54, 1.807) is 48.5 Å². The van der Waals surface area contributed by atoms with E-state index in [1.165, 1.54) is 18.4 Å². The summed E-state index contributed by atoms with van der Waals surface area (Å²) in [6.45, 7) is 1.96. The molecule has 1 N–H and O–H groups in total. The maximum atomic E-state index is 12.7. The maximum absolute atomic E-state index is 12.7. The number of amides is 1. The number of hydrogen-bond acceptors (Lipinski definition) is 4. The van der Waals surface area contributed by atoms with Crippen molar-refractivity contribution in [3.8, 4) is 0 Å². The van der Waals surface area contributed by atoms with Crippen molar-refractivity contribution in [1.82, 2.24) is 0 Å². The summed E-state index contributed by atoms with van der Waals surface area (Å²) in [5.41, 5.74) is 2.30. The molecule has 27 heavy (non-hydrogen) atoms. The lowest BCUT2D eigenvalue weighted by atomic mass is 10.1. The molecule has 0 aliphatic heterocycles. The molecule has 1 amide bonds. The third-order valence-corrected chi connectivity index (χ3v) is 3.82. The molecular formula is C22H19NO4. The molecular weight excluding hydrogens is 342 g/mol. The zero-order valence-electron chi connectivity index (χ0n) is 14.8. The molecule has 1 atom stereocenters. The molecule has 1 aromatic heterocycles. The van der Waals surface area contributed by atoms with Crippen molar-refractivity contribution in [3.05, 3.63) is 96.0 Å². The second-order valence-electron chi connectivity index (χ2n) is 5.93. The first kappa shape index (κ1) is 18.2. The SMILES string of the molecule is Cc1ccc(NC(=O)[C@@H](OC(=O)/C=C/c2ccco2)c2ccccc2)cc1. The van der Waals surface area contributed by atoms with Gasteiger partial charge in [0, 0.05) is 17.3 Å². The van der Waals surface area contributed by atoms with Crippen molar-refractivity contribution >= 4 is 23.6 Å². The first-order valence-corrected chi connectivity index (χ1v) is 8.46. The lowest BCUT2D eigenvalue weighted by molar-refractivity contribution is -0.149. The molecule has 2 aromatic carbocycles. The molecule has 0 spiro atoms. The predicted octanol–water partition coefficient (Wildman–Crippen LogP) is 4.52. The van der Waals surface area contributed by atoms with Gasteiger partial charge >= 0.3 is 5.97 Å². The second-order valence-corrected chi connectivity index (χ2v) is 5.93. The Labute approximate surface area is 157 Å². The first-order valence-electron chi connectivity index (χ1n) is 8.46. The van der Waals surface area contributed by atoms with Crippen LogP contribution in [0.15, 0.2) is 83.5 Å². The van der Waals surface area contributed by atoms with E-state index in [-0.39, 0.29) is 0 Å². The van der Waals surface area contributed by atoms with Crippen molar-refractivity contribution in [3.63, 3.8) is 0 Å². The molecule has 0 saturated carbocycles. The zero-order chi connectivity index (χ0) is 19.1. The minimum atomic E-state index is -1.07. The van der Waals surface area contributed by atoms with Gasteiger partial charge in [0.1, 0.15) is 5.76 Å². The van der Waals surface area contributed by atoms with Crippen LogP contribution in [0.4, 0.5) is 5.69 Å². The van der Waals surface area contributed by atoms with Crippen LogP contribution in [-0.4, -0.2) is 11.9 Å². The highest BCUT2D eigenvalue weighted by atomic mass is 16.5. The molecule has 5 heteroatoms. The second kappa shape index (κ2) is 8.67. The molecule has 3 aromatic rings. The van der Waals surface area contributed by atoms with Crippen molar-refractivity contribution in [1.29, 1.82) is 0 Å². The molecule has 0 bridgehead atoms. The van der Waals surface area contributed by atoms with Gasteiger partial charge in [0.25, 0.3) is 5.91 Å². The van der Waals surface area contributed by atoms with Crippen molar-refractivity contribution in [2.24, 2.45) is 0 Å². The summed E-state index contributed by atoms with van der Waals surface area (Å²) < 4.78 is 10.5. The molecule has 0 saturated heterocycles. The van der Waals surface area contributed by atoms with Crippen molar-refractivity contribution in [2.45, 2.75) is 13.0 Å². The third-order valence-electron chi connectivity index (χ3n) is 3.82. The molecule has 1 heterocycles. The monoisotopic (exact) mass is 361 g/mol. The van der Waals surface area contributed by atoms with Gasteiger partial charge in [-0.05, 0) is 37.3 Å². The van der Waals surface area contributed by atoms with E-state index in [2.05, 4.69) is 5.32 Å². The normalized spacial score (nSPS) is 11.9. The highest BCUT2D eigenvalue weighted by Crippen LogP contribution is 2.21. The fourth-order valence-corrected chi connectivity index (χ4v) is 2.44. The fraction of sp³-hybridized carbons (Fsp3) is 0.0909. The summed E-state index contributed by atoms with van der Waals surface area (Å²) in [4.78, 5) is 24.9. The van der Waals surface area contributed by atoms with E-state index in [4.69, 9.17) is 9.15 Å². The lowest BCUT2D eigenvalue weighted by Crippen LogP contribution is -2.25. The number of carbonyl (C=O) groups excluding carboxylic acids is 2. The number of rotatable bonds is 6. The minimum Gasteiger partial charge on any atom is -0.465 e. The van der Waals surface area contributed by atoms with Crippen molar-refractivity contribution in [2.75, 3.05) is 5.32 Å². The van der Waals surface area contributed by atoms with Crippen LogP contribution in [0.5, 0.6) is 0 Å². The first-order chi connectivity index (χ1) is 13.1. The van der Waals surface area contributed by atoms with Gasteiger partial charge in [-0.3, -0.25) is 4.79 Å². The summed E-state index contributed by atoms with van der Waals surface area (Å²) >= 11 is 0. The van der Waals surface area contributed by atoms with Gasteiger partial charge in [-0.25, -0.2) is 4.79 Å². The summed E-state index contributed by atoms with van der Waals surface area (Å²) in [5.74, 6) is -0.545. The van der Waals surface area contributed by atoms with Gasteiger partial charge in [-0.2, -0.15) is 0 Å². The van der Waals surface area contributed by atoms with Crippen LogP contribution in [0.1, 0.15) is 23.0 Å². The maximum Gasteiger partial charge on any atom is 0.332 e. The van der Waals surface area contributed by atoms with Gasteiger partial charge in [0.05, 0.1) is 6.26 Å². The third kappa shape index (κ3) is 5.19. The number of benzene rings is 2. The van der Waals surface area contributed by atoms with E-state index < -0.39 is 18.0 Å². The van der Waals surface area contributed by atoms with Gasteiger partial charge < -0.3 is 14.5 Å². The van der Waals surface area contributed by atoms with E-state index in [0.29, 0.717) is 17.0 Å². The van der Waals surface area contributed by atoms with Crippen LogP contribution in [0.2, 0.25) is 0 Å². The van der Waals surface area contributed by atoms with Crippen LogP contribution in [0, 0.1) is 6.92 Å². The average molecular weight is 361 g/mol. The molecule has 0 aliphatic carbocycles. The Morgan fingerprint density at radius 2 is 1.74 bits per heavy atom. The van der Waals surface area contributed by atoms with Crippen LogP contribution < -0.4 is 5.32 Å². The van der Waals surface area contributed by atoms with Gasteiger partial charge in [-0.15, -0.1) is 0 Å². The summed E-state index contributed by atoms with van der Waals surface area (Å²) in [6.07, 6.45) is 3.16. The topological polar surface area (TPSA) is 68.5 Å².